The van der Waals surface area contributed by atoms with Crippen LogP contribution in [0, 0.1) is 12.7 Å². The molecule has 1 N–H and O–H groups in total. The first kappa shape index (κ1) is 14.1. The van der Waals surface area contributed by atoms with Crippen LogP contribution in [-0.4, -0.2) is 0 Å². The molecule has 0 amide bonds. The average Bonchev–Trinajstić information content (AvgIpc) is 2.48. The summed E-state index contributed by atoms with van der Waals surface area (Å²) in [5.41, 5.74) is 2.74. The molecule has 0 radical (unpaired) electrons. The summed E-state index contributed by atoms with van der Waals surface area (Å²) in [5.74, 6) is -0.169. The summed E-state index contributed by atoms with van der Waals surface area (Å²) in [7, 11) is 0. The molecular formula is C18H15BrFN. The van der Waals surface area contributed by atoms with E-state index < -0.39 is 0 Å². The molecule has 0 fully saturated rings. The van der Waals surface area contributed by atoms with Crippen LogP contribution in [0.3, 0.4) is 0 Å². The van der Waals surface area contributed by atoms with Crippen LogP contribution in [0.15, 0.2) is 59.1 Å². The van der Waals surface area contributed by atoms with Crippen molar-refractivity contribution in [1.82, 2.24) is 0 Å². The van der Waals surface area contributed by atoms with Crippen molar-refractivity contribution < 1.29 is 4.39 Å². The van der Waals surface area contributed by atoms with E-state index in [9.17, 15) is 4.39 Å². The quantitative estimate of drug-likeness (QED) is 0.646. The van der Waals surface area contributed by atoms with Gasteiger partial charge in [-0.15, -0.1) is 0 Å². The third-order valence-corrected chi connectivity index (χ3v) is 3.98. The highest BCUT2D eigenvalue weighted by molar-refractivity contribution is 9.10. The zero-order valence-corrected chi connectivity index (χ0v) is 13.2. The van der Waals surface area contributed by atoms with Gasteiger partial charge in [-0.25, -0.2) is 4.39 Å². The summed E-state index contributed by atoms with van der Waals surface area (Å²) in [6, 6.07) is 17.5. The predicted octanol–water partition coefficient (Wildman–Crippen LogP) is 5.66. The Labute approximate surface area is 131 Å². The predicted molar refractivity (Wildman–Crippen MR) is 90.1 cm³/mol. The lowest BCUT2D eigenvalue weighted by molar-refractivity contribution is 0.612. The lowest BCUT2D eigenvalue weighted by atomic mass is 10.1. The van der Waals surface area contributed by atoms with Gasteiger partial charge < -0.3 is 5.32 Å². The van der Waals surface area contributed by atoms with Crippen LogP contribution in [0.1, 0.15) is 11.1 Å². The van der Waals surface area contributed by atoms with Crippen molar-refractivity contribution >= 4 is 32.4 Å². The minimum absolute atomic E-state index is 0.169. The van der Waals surface area contributed by atoms with Gasteiger partial charge in [-0.05, 0) is 48.0 Å². The highest BCUT2D eigenvalue weighted by atomic mass is 79.9. The van der Waals surface area contributed by atoms with E-state index in [2.05, 4.69) is 45.5 Å². The molecule has 0 atom stereocenters. The topological polar surface area (TPSA) is 12.0 Å². The fourth-order valence-corrected chi connectivity index (χ4v) is 2.74. The number of hydrogen-bond acceptors (Lipinski definition) is 1. The SMILES string of the molecule is Cc1ccc(F)c(CNc2ccc3cc(Br)ccc3c2)c1. The van der Waals surface area contributed by atoms with E-state index in [-0.39, 0.29) is 5.82 Å². The van der Waals surface area contributed by atoms with Crippen molar-refractivity contribution in [3.8, 4) is 0 Å². The smallest absolute Gasteiger partial charge is 0.128 e. The second kappa shape index (κ2) is 5.86. The molecule has 0 bridgehead atoms. The Kier molecular flexibility index (Phi) is 3.93. The molecule has 0 saturated carbocycles. The first-order valence-electron chi connectivity index (χ1n) is 6.80. The van der Waals surface area contributed by atoms with Crippen LogP contribution < -0.4 is 5.32 Å². The van der Waals surface area contributed by atoms with Crippen LogP contribution in [0.4, 0.5) is 10.1 Å². The fourth-order valence-electron chi connectivity index (χ4n) is 2.36. The monoisotopic (exact) mass is 343 g/mol. The van der Waals surface area contributed by atoms with Gasteiger partial charge in [-0.3, -0.25) is 0 Å². The Hall–Kier alpha value is -1.87. The van der Waals surface area contributed by atoms with Crippen molar-refractivity contribution in [2.75, 3.05) is 5.32 Å². The molecule has 0 heterocycles. The van der Waals surface area contributed by atoms with E-state index in [0.29, 0.717) is 12.1 Å². The highest BCUT2D eigenvalue weighted by Gasteiger charge is 2.03. The van der Waals surface area contributed by atoms with Crippen molar-refractivity contribution in [2.45, 2.75) is 13.5 Å². The van der Waals surface area contributed by atoms with E-state index in [0.717, 1.165) is 21.1 Å². The molecule has 0 aliphatic rings. The summed E-state index contributed by atoms with van der Waals surface area (Å²) < 4.78 is 14.8. The maximum Gasteiger partial charge on any atom is 0.128 e. The third-order valence-electron chi connectivity index (χ3n) is 3.49. The summed E-state index contributed by atoms with van der Waals surface area (Å²) in [6.07, 6.45) is 0. The highest BCUT2D eigenvalue weighted by Crippen LogP contribution is 2.23. The van der Waals surface area contributed by atoms with Gasteiger partial charge in [-0.1, -0.05) is 45.8 Å². The number of anilines is 1. The molecule has 3 heteroatoms. The molecule has 0 spiro atoms. The van der Waals surface area contributed by atoms with E-state index in [1.165, 1.54) is 11.5 Å². The molecule has 0 unspecified atom stereocenters. The molecule has 3 rings (SSSR count). The van der Waals surface area contributed by atoms with Crippen LogP contribution in [0.2, 0.25) is 0 Å². The molecule has 0 saturated heterocycles. The lowest BCUT2D eigenvalue weighted by Crippen LogP contribution is -2.02. The van der Waals surface area contributed by atoms with Gasteiger partial charge in [0.15, 0.2) is 0 Å². The molecule has 0 aliphatic heterocycles. The van der Waals surface area contributed by atoms with Gasteiger partial charge in [0.25, 0.3) is 0 Å². The average molecular weight is 344 g/mol. The number of halogens is 2. The molecule has 0 aromatic heterocycles. The summed E-state index contributed by atoms with van der Waals surface area (Å²) in [6.45, 7) is 2.45. The molecular weight excluding hydrogens is 329 g/mol. The standard InChI is InChI=1S/C18H15BrFN/c1-12-2-7-18(20)15(8-12)11-21-17-6-4-13-9-16(19)5-3-14(13)10-17/h2-10,21H,11H2,1H3. The van der Waals surface area contributed by atoms with Gasteiger partial charge >= 0.3 is 0 Å². The van der Waals surface area contributed by atoms with Gasteiger partial charge in [0.05, 0.1) is 0 Å². The number of aryl methyl sites for hydroxylation is 1. The molecule has 21 heavy (non-hydrogen) atoms. The van der Waals surface area contributed by atoms with Crippen LogP contribution >= 0.6 is 15.9 Å². The summed E-state index contributed by atoms with van der Waals surface area (Å²) >= 11 is 3.47. The van der Waals surface area contributed by atoms with Gasteiger partial charge in [0.1, 0.15) is 5.82 Å². The normalized spacial score (nSPS) is 10.8. The van der Waals surface area contributed by atoms with Gasteiger partial charge in [0, 0.05) is 22.3 Å². The number of benzene rings is 3. The maximum atomic E-state index is 13.7. The number of rotatable bonds is 3. The minimum atomic E-state index is -0.169. The second-order valence-electron chi connectivity index (χ2n) is 5.15. The van der Waals surface area contributed by atoms with Crippen LogP contribution in [-0.2, 0) is 6.54 Å². The Morgan fingerprint density at radius 1 is 0.952 bits per heavy atom. The Morgan fingerprint density at radius 3 is 2.57 bits per heavy atom. The molecule has 1 nitrogen and oxygen atoms in total. The van der Waals surface area contributed by atoms with E-state index in [1.807, 2.05) is 25.1 Å². The Morgan fingerprint density at radius 2 is 1.71 bits per heavy atom. The number of hydrogen-bond donors (Lipinski definition) is 1. The van der Waals surface area contributed by atoms with Crippen molar-refractivity contribution in [3.63, 3.8) is 0 Å². The van der Waals surface area contributed by atoms with Crippen molar-refractivity contribution in [2.24, 2.45) is 0 Å². The first-order chi connectivity index (χ1) is 10.1. The van der Waals surface area contributed by atoms with Crippen molar-refractivity contribution in [1.29, 1.82) is 0 Å². The Bertz CT molecular complexity index is 798. The molecule has 106 valence electrons. The lowest BCUT2D eigenvalue weighted by Gasteiger charge is -2.09. The summed E-state index contributed by atoms with van der Waals surface area (Å²) in [5, 5.41) is 5.62. The third kappa shape index (κ3) is 3.24. The molecule has 3 aromatic rings. The second-order valence-corrected chi connectivity index (χ2v) is 6.07. The largest absolute Gasteiger partial charge is 0.381 e. The zero-order valence-electron chi connectivity index (χ0n) is 11.7. The van der Waals surface area contributed by atoms with E-state index in [1.54, 1.807) is 6.07 Å². The van der Waals surface area contributed by atoms with Gasteiger partial charge in [-0.2, -0.15) is 0 Å². The van der Waals surface area contributed by atoms with E-state index >= 15 is 0 Å². The van der Waals surface area contributed by atoms with Crippen LogP contribution in [0.25, 0.3) is 10.8 Å². The zero-order chi connectivity index (χ0) is 14.8. The maximum absolute atomic E-state index is 13.7. The fraction of sp³-hybridized carbons (Fsp3) is 0.111. The number of fused-ring (bicyclic) bond motifs is 1. The minimum Gasteiger partial charge on any atom is -0.381 e. The van der Waals surface area contributed by atoms with Crippen molar-refractivity contribution in [3.05, 3.63) is 76.0 Å². The Balaban J connectivity index is 1.82. The number of nitrogens with one attached hydrogen (secondary N) is 1. The first-order valence-corrected chi connectivity index (χ1v) is 7.59. The molecule has 0 aliphatic carbocycles. The van der Waals surface area contributed by atoms with Gasteiger partial charge in [0.2, 0.25) is 0 Å². The van der Waals surface area contributed by atoms with Crippen LogP contribution in [0.5, 0.6) is 0 Å². The molecule has 3 aromatic carbocycles. The van der Waals surface area contributed by atoms with E-state index in [4.69, 9.17) is 0 Å². The summed E-state index contributed by atoms with van der Waals surface area (Å²) in [4.78, 5) is 0.